The summed E-state index contributed by atoms with van der Waals surface area (Å²) in [4.78, 5) is 25.0. The lowest BCUT2D eigenvalue weighted by Gasteiger charge is -2.11. The fraction of sp³-hybridized carbons (Fsp3) is 0.111. The summed E-state index contributed by atoms with van der Waals surface area (Å²) in [6, 6.07) is 17.3. The lowest BCUT2D eigenvalue weighted by Crippen LogP contribution is -2.26. The summed E-state index contributed by atoms with van der Waals surface area (Å²) in [6.45, 7) is 1.47. The Bertz CT molecular complexity index is 1000. The molecule has 118 valence electrons. The van der Waals surface area contributed by atoms with Crippen LogP contribution >= 0.6 is 0 Å². The van der Waals surface area contributed by atoms with E-state index in [4.69, 9.17) is 10.00 Å². The highest BCUT2D eigenvalue weighted by Crippen LogP contribution is 2.16. The number of ether oxygens (including phenoxy) is 1. The second-order valence-corrected chi connectivity index (χ2v) is 5.12. The van der Waals surface area contributed by atoms with Crippen LogP contribution in [-0.2, 0) is 4.74 Å². The van der Waals surface area contributed by atoms with Crippen LogP contribution < -0.4 is 5.56 Å². The quantitative estimate of drug-likeness (QED) is 0.692. The normalized spacial score (nSPS) is 11.7. The van der Waals surface area contributed by atoms with Gasteiger partial charge in [0.2, 0.25) is 0 Å². The van der Waals surface area contributed by atoms with Gasteiger partial charge in [0.15, 0.2) is 11.8 Å². The van der Waals surface area contributed by atoms with Gasteiger partial charge >= 0.3 is 5.97 Å². The minimum absolute atomic E-state index is 0.00356. The van der Waals surface area contributed by atoms with Crippen LogP contribution in [-0.4, -0.2) is 21.9 Å². The number of nitriles is 1. The number of carbonyl (C=O) groups excluding carboxylic acids is 1. The zero-order valence-corrected chi connectivity index (χ0v) is 12.8. The number of benzene rings is 2. The molecule has 0 aliphatic rings. The van der Waals surface area contributed by atoms with Crippen molar-refractivity contribution in [1.29, 1.82) is 5.26 Å². The van der Waals surface area contributed by atoms with E-state index in [9.17, 15) is 9.59 Å². The molecule has 3 rings (SSSR count). The number of hydrogen-bond acceptors (Lipinski definition) is 5. The molecule has 0 unspecified atom stereocenters. The summed E-state index contributed by atoms with van der Waals surface area (Å²) in [5.41, 5.74) is 0.202. The Morgan fingerprint density at radius 2 is 1.75 bits per heavy atom. The van der Waals surface area contributed by atoms with Crippen molar-refractivity contribution in [3.63, 3.8) is 0 Å². The third-order valence-electron chi connectivity index (χ3n) is 3.46. The van der Waals surface area contributed by atoms with Gasteiger partial charge in [-0.05, 0) is 25.1 Å². The number of rotatable bonds is 3. The molecule has 3 aromatic rings. The summed E-state index contributed by atoms with van der Waals surface area (Å²) in [7, 11) is 0. The van der Waals surface area contributed by atoms with Crippen LogP contribution in [0.25, 0.3) is 16.5 Å². The Hall–Kier alpha value is -3.46. The second kappa shape index (κ2) is 6.34. The first-order chi connectivity index (χ1) is 11.6. The van der Waals surface area contributed by atoms with E-state index in [1.165, 1.54) is 6.92 Å². The number of esters is 1. The summed E-state index contributed by atoms with van der Waals surface area (Å²) < 4.78 is 6.21. The van der Waals surface area contributed by atoms with Crippen LogP contribution in [0.3, 0.4) is 0 Å². The maximum absolute atomic E-state index is 12.7. The molecule has 6 heteroatoms. The zero-order chi connectivity index (χ0) is 17.1. The molecule has 1 heterocycles. The van der Waals surface area contributed by atoms with Crippen molar-refractivity contribution >= 4 is 16.7 Å². The van der Waals surface area contributed by atoms with E-state index in [1.54, 1.807) is 48.5 Å². The van der Waals surface area contributed by atoms with Crippen LogP contribution in [0, 0.1) is 11.3 Å². The first-order valence-corrected chi connectivity index (χ1v) is 7.30. The fourth-order valence-corrected chi connectivity index (χ4v) is 2.33. The predicted octanol–water partition coefficient (Wildman–Crippen LogP) is 2.45. The van der Waals surface area contributed by atoms with E-state index in [2.05, 4.69) is 5.10 Å². The molecule has 0 aliphatic heterocycles. The SMILES string of the molecule is C[C@@H](C#N)OC(=O)c1nn(-c2ccccc2)c(=O)c2ccccc12. The molecular weight excluding hydrogens is 306 g/mol. The molecule has 0 radical (unpaired) electrons. The molecule has 6 nitrogen and oxygen atoms in total. The second-order valence-electron chi connectivity index (χ2n) is 5.12. The van der Waals surface area contributed by atoms with Gasteiger partial charge in [-0.3, -0.25) is 4.79 Å². The summed E-state index contributed by atoms with van der Waals surface area (Å²) in [5.74, 6) is -0.745. The summed E-state index contributed by atoms with van der Waals surface area (Å²) in [6.07, 6.45) is -0.907. The van der Waals surface area contributed by atoms with E-state index >= 15 is 0 Å². The highest BCUT2D eigenvalue weighted by molar-refractivity contribution is 6.02. The Balaban J connectivity index is 2.25. The first kappa shape index (κ1) is 15.4. The molecule has 1 atom stereocenters. The lowest BCUT2D eigenvalue weighted by atomic mass is 10.1. The maximum Gasteiger partial charge on any atom is 0.360 e. The highest BCUT2D eigenvalue weighted by Gasteiger charge is 2.20. The minimum Gasteiger partial charge on any atom is -0.442 e. The van der Waals surface area contributed by atoms with E-state index < -0.39 is 12.1 Å². The Labute approximate surface area is 137 Å². The minimum atomic E-state index is -0.907. The van der Waals surface area contributed by atoms with Gasteiger partial charge in [-0.15, -0.1) is 0 Å². The monoisotopic (exact) mass is 319 g/mol. The van der Waals surface area contributed by atoms with Crippen LogP contribution in [0.5, 0.6) is 0 Å². The molecule has 24 heavy (non-hydrogen) atoms. The zero-order valence-electron chi connectivity index (χ0n) is 12.8. The van der Waals surface area contributed by atoms with Gasteiger partial charge in [0, 0.05) is 5.39 Å². The predicted molar refractivity (Wildman–Crippen MR) is 87.8 cm³/mol. The van der Waals surface area contributed by atoms with Gasteiger partial charge < -0.3 is 4.74 Å². The summed E-state index contributed by atoms with van der Waals surface area (Å²) >= 11 is 0. The highest BCUT2D eigenvalue weighted by atomic mass is 16.5. The van der Waals surface area contributed by atoms with E-state index in [-0.39, 0.29) is 11.3 Å². The number of fused-ring (bicyclic) bond motifs is 1. The van der Waals surface area contributed by atoms with Crippen LogP contribution in [0.2, 0.25) is 0 Å². The van der Waals surface area contributed by atoms with Gasteiger partial charge in [-0.1, -0.05) is 36.4 Å². The molecule has 0 aliphatic carbocycles. The van der Waals surface area contributed by atoms with Crippen molar-refractivity contribution in [2.45, 2.75) is 13.0 Å². The fourth-order valence-electron chi connectivity index (χ4n) is 2.33. The van der Waals surface area contributed by atoms with Crippen LogP contribution in [0.15, 0.2) is 59.4 Å². The van der Waals surface area contributed by atoms with Crippen molar-refractivity contribution in [2.75, 3.05) is 0 Å². The van der Waals surface area contributed by atoms with Gasteiger partial charge in [0.25, 0.3) is 5.56 Å². The molecule has 1 aromatic heterocycles. The molecule has 0 saturated carbocycles. The molecule has 0 saturated heterocycles. The molecule has 0 N–H and O–H groups in total. The summed E-state index contributed by atoms with van der Waals surface area (Å²) in [5, 5.41) is 13.7. The average Bonchev–Trinajstić information content (AvgIpc) is 2.62. The van der Waals surface area contributed by atoms with Crippen LogP contribution in [0.4, 0.5) is 0 Å². The standard InChI is InChI=1S/C18H13N3O3/c1-12(11-19)24-18(23)16-14-9-5-6-10-15(14)17(22)21(20-16)13-7-3-2-4-8-13/h2-10,12H,1H3/t12-/m0/s1. The Morgan fingerprint density at radius 1 is 1.12 bits per heavy atom. The third kappa shape index (κ3) is 2.75. The molecule has 0 spiro atoms. The third-order valence-corrected chi connectivity index (χ3v) is 3.46. The first-order valence-electron chi connectivity index (χ1n) is 7.30. The van der Waals surface area contributed by atoms with Gasteiger partial charge in [-0.25, -0.2) is 4.79 Å². The van der Waals surface area contributed by atoms with Gasteiger partial charge in [-0.2, -0.15) is 15.0 Å². The maximum atomic E-state index is 12.7. The number of nitrogens with zero attached hydrogens (tertiary/aromatic N) is 3. The molecule has 2 aromatic carbocycles. The topological polar surface area (TPSA) is 85.0 Å². The van der Waals surface area contributed by atoms with E-state index in [1.807, 2.05) is 12.1 Å². The molecule has 0 bridgehead atoms. The van der Waals surface area contributed by atoms with Crippen molar-refractivity contribution in [1.82, 2.24) is 9.78 Å². The van der Waals surface area contributed by atoms with Gasteiger partial charge in [0.1, 0.15) is 6.07 Å². The molecule has 0 fully saturated rings. The van der Waals surface area contributed by atoms with Gasteiger partial charge in [0.05, 0.1) is 11.1 Å². The van der Waals surface area contributed by atoms with Crippen molar-refractivity contribution in [2.24, 2.45) is 0 Å². The van der Waals surface area contributed by atoms with E-state index in [0.717, 1.165) is 4.68 Å². The molecule has 0 amide bonds. The number of carbonyl (C=O) groups is 1. The van der Waals surface area contributed by atoms with Crippen molar-refractivity contribution in [3.8, 4) is 11.8 Å². The smallest absolute Gasteiger partial charge is 0.360 e. The largest absolute Gasteiger partial charge is 0.442 e. The average molecular weight is 319 g/mol. The van der Waals surface area contributed by atoms with Crippen molar-refractivity contribution < 1.29 is 9.53 Å². The lowest BCUT2D eigenvalue weighted by molar-refractivity contribution is 0.0429. The van der Waals surface area contributed by atoms with Crippen LogP contribution in [0.1, 0.15) is 17.4 Å². The number of hydrogen-bond donors (Lipinski definition) is 0. The van der Waals surface area contributed by atoms with E-state index in [0.29, 0.717) is 16.5 Å². The Morgan fingerprint density at radius 3 is 2.42 bits per heavy atom. The van der Waals surface area contributed by atoms with Crippen molar-refractivity contribution in [3.05, 3.63) is 70.6 Å². The number of aromatic nitrogens is 2. The Kier molecular flexibility index (Phi) is 4.08. The number of para-hydroxylation sites is 1. The molecular formula is C18H13N3O3.